The van der Waals surface area contributed by atoms with Crippen molar-refractivity contribution in [1.82, 2.24) is 4.98 Å². The summed E-state index contributed by atoms with van der Waals surface area (Å²) in [7, 11) is 1.55. The Kier molecular flexibility index (Phi) is 3.83. The largest absolute Gasteiger partial charge is 0.494 e. The lowest BCUT2D eigenvalue weighted by atomic mass is 9.91. The van der Waals surface area contributed by atoms with E-state index >= 15 is 0 Å². The molecule has 3 nitrogen and oxygen atoms in total. The van der Waals surface area contributed by atoms with Gasteiger partial charge in [-0.25, -0.2) is 4.98 Å². The molecular formula is C12H17NO2. The maximum atomic E-state index is 12.0. The van der Waals surface area contributed by atoms with Gasteiger partial charge in [-0.2, -0.15) is 0 Å². The van der Waals surface area contributed by atoms with E-state index in [9.17, 15) is 4.79 Å². The lowest BCUT2D eigenvalue weighted by molar-refractivity contribution is 0.0891. The molecular weight excluding hydrogens is 190 g/mol. The fraction of sp³-hybridized carbons (Fsp3) is 0.500. The van der Waals surface area contributed by atoms with E-state index in [2.05, 4.69) is 4.98 Å². The van der Waals surface area contributed by atoms with Crippen molar-refractivity contribution in [1.29, 1.82) is 0 Å². The van der Waals surface area contributed by atoms with Gasteiger partial charge in [-0.05, 0) is 18.1 Å². The van der Waals surface area contributed by atoms with E-state index in [0.29, 0.717) is 17.4 Å². The van der Waals surface area contributed by atoms with Crippen LogP contribution in [-0.2, 0) is 0 Å². The number of hydrogen-bond acceptors (Lipinski definition) is 3. The average Bonchev–Trinajstić information content (AvgIpc) is 2.26. The van der Waals surface area contributed by atoms with E-state index in [-0.39, 0.29) is 11.7 Å². The number of carbonyl (C=O) groups excluding carboxylic acids is 1. The fourth-order valence-electron chi connectivity index (χ4n) is 1.26. The average molecular weight is 207 g/mol. The van der Waals surface area contributed by atoms with Crippen LogP contribution in [0.1, 0.15) is 31.3 Å². The van der Waals surface area contributed by atoms with Gasteiger partial charge in [0.25, 0.3) is 0 Å². The lowest BCUT2D eigenvalue weighted by Crippen LogP contribution is -2.18. The van der Waals surface area contributed by atoms with Crippen LogP contribution in [0.15, 0.2) is 18.3 Å². The summed E-state index contributed by atoms with van der Waals surface area (Å²) < 4.78 is 5.11. The Labute approximate surface area is 90.5 Å². The van der Waals surface area contributed by atoms with Gasteiger partial charge >= 0.3 is 0 Å². The van der Waals surface area contributed by atoms with Crippen molar-refractivity contribution in [3.8, 4) is 5.75 Å². The highest BCUT2D eigenvalue weighted by molar-refractivity contribution is 5.98. The Bertz CT molecular complexity index is 347. The molecule has 1 heterocycles. The molecule has 3 heteroatoms. The van der Waals surface area contributed by atoms with E-state index in [4.69, 9.17) is 4.74 Å². The van der Waals surface area contributed by atoms with Crippen molar-refractivity contribution >= 4 is 5.78 Å². The first kappa shape index (κ1) is 11.7. The van der Waals surface area contributed by atoms with Crippen LogP contribution in [0, 0.1) is 11.8 Å². The molecule has 0 aliphatic carbocycles. The third kappa shape index (κ3) is 2.55. The van der Waals surface area contributed by atoms with E-state index in [1.807, 2.05) is 20.8 Å². The van der Waals surface area contributed by atoms with Gasteiger partial charge in [0.15, 0.2) is 5.78 Å². The van der Waals surface area contributed by atoms with Crippen molar-refractivity contribution in [3.63, 3.8) is 0 Å². The molecule has 1 aromatic heterocycles. The summed E-state index contributed by atoms with van der Waals surface area (Å²) in [4.78, 5) is 16.1. The third-order valence-electron chi connectivity index (χ3n) is 2.64. The number of Topliss-reactive ketones (excluding diaryl/α,β-unsaturated/α-hetero) is 1. The Balaban J connectivity index is 3.00. The minimum absolute atomic E-state index is 0.0335. The molecule has 0 bridgehead atoms. The standard InChI is InChI=1S/C12H17NO2/c1-8(2)9(3)12(14)11-10(15-4)6-5-7-13-11/h5-9H,1-4H3. The van der Waals surface area contributed by atoms with Crippen LogP contribution in [-0.4, -0.2) is 17.9 Å². The van der Waals surface area contributed by atoms with Gasteiger partial charge in [-0.1, -0.05) is 20.8 Å². The zero-order valence-corrected chi connectivity index (χ0v) is 9.65. The third-order valence-corrected chi connectivity index (χ3v) is 2.64. The number of pyridine rings is 1. The van der Waals surface area contributed by atoms with Crippen LogP contribution in [0.2, 0.25) is 0 Å². The Hall–Kier alpha value is -1.38. The molecule has 1 atom stereocenters. The van der Waals surface area contributed by atoms with Crippen molar-refractivity contribution < 1.29 is 9.53 Å². The first-order chi connectivity index (χ1) is 7.07. The highest BCUT2D eigenvalue weighted by Crippen LogP contribution is 2.21. The zero-order valence-electron chi connectivity index (χ0n) is 9.65. The number of nitrogens with zero attached hydrogens (tertiary/aromatic N) is 1. The van der Waals surface area contributed by atoms with Crippen LogP contribution in [0.3, 0.4) is 0 Å². The number of carbonyl (C=O) groups is 1. The molecule has 0 radical (unpaired) electrons. The highest BCUT2D eigenvalue weighted by Gasteiger charge is 2.22. The summed E-state index contributed by atoms with van der Waals surface area (Å²) >= 11 is 0. The second-order valence-electron chi connectivity index (χ2n) is 3.95. The maximum Gasteiger partial charge on any atom is 0.188 e. The Morgan fingerprint density at radius 1 is 1.40 bits per heavy atom. The van der Waals surface area contributed by atoms with Crippen LogP contribution >= 0.6 is 0 Å². The molecule has 1 aromatic rings. The van der Waals surface area contributed by atoms with Crippen LogP contribution in [0.5, 0.6) is 5.75 Å². The van der Waals surface area contributed by atoms with Gasteiger partial charge in [0.1, 0.15) is 11.4 Å². The van der Waals surface area contributed by atoms with Crippen LogP contribution in [0.4, 0.5) is 0 Å². The van der Waals surface area contributed by atoms with Gasteiger partial charge in [0.2, 0.25) is 0 Å². The molecule has 0 saturated heterocycles. The molecule has 0 fully saturated rings. The molecule has 1 rings (SSSR count). The molecule has 0 spiro atoms. The second-order valence-corrected chi connectivity index (χ2v) is 3.95. The quantitative estimate of drug-likeness (QED) is 0.712. The monoisotopic (exact) mass is 207 g/mol. The Morgan fingerprint density at radius 2 is 2.07 bits per heavy atom. The lowest BCUT2D eigenvalue weighted by Gasteiger charge is -2.14. The number of ketones is 1. The van der Waals surface area contributed by atoms with Gasteiger partial charge in [0, 0.05) is 12.1 Å². The van der Waals surface area contributed by atoms with Gasteiger partial charge in [-0.3, -0.25) is 4.79 Å². The van der Waals surface area contributed by atoms with E-state index < -0.39 is 0 Å². The maximum absolute atomic E-state index is 12.0. The van der Waals surface area contributed by atoms with Crippen molar-refractivity contribution in [2.24, 2.45) is 11.8 Å². The molecule has 0 aliphatic heterocycles. The number of ether oxygens (including phenoxy) is 1. The first-order valence-electron chi connectivity index (χ1n) is 5.11. The molecule has 0 amide bonds. The normalized spacial score (nSPS) is 12.6. The summed E-state index contributed by atoms with van der Waals surface area (Å²) in [6.45, 7) is 5.97. The SMILES string of the molecule is COc1cccnc1C(=O)C(C)C(C)C. The smallest absolute Gasteiger partial charge is 0.188 e. The number of aromatic nitrogens is 1. The van der Waals surface area contributed by atoms with Crippen molar-refractivity contribution in [2.75, 3.05) is 7.11 Å². The predicted molar refractivity (Wildman–Crippen MR) is 59.1 cm³/mol. The molecule has 0 saturated carbocycles. The molecule has 0 aliphatic rings. The minimum atomic E-state index is -0.0335. The van der Waals surface area contributed by atoms with E-state index in [1.54, 1.807) is 25.4 Å². The van der Waals surface area contributed by atoms with Gasteiger partial charge < -0.3 is 4.74 Å². The Morgan fingerprint density at radius 3 is 2.60 bits per heavy atom. The molecule has 0 N–H and O–H groups in total. The summed E-state index contributed by atoms with van der Waals surface area (Å²) in [6, 6.07) is 3.52. The molecule has 15 heavy (non-hydrogen) atoms. The number of hydrogen-bond donors (Lipinski definition) is 0. The predicted octanol–water partition coefficient (Wildman–Crippen LogP) is 2.57. The topological polar surface area (TPSA) is 39.2 Å². The van der Waals surface area contributed by atoms with E-state index in [1.165, 1.54) is 0 Å². The van der Waals surface area contributed by atoms with Crippen LogP contribution < -0.4 is 4.74 Å². The summed E-state index contributed by atoms with van der Waals surface area (Å²) in [5.74, 6) is 0.871. The van der Waals surface area contributed by atoms with Crippen molar-refractivity contribution in [3.05, 3.63) is 24.0 Å². The second kappa shape index (κ2) is 4.91. The number of methoxy groups -OCH3 is 1. The number of rotatable bonds is 4. The fourth-order valence-corrected chi connectivity index (χ4v) is 1.26. The molecule has 1 unspecified atom stereocenters. The molecule has 0 aromatic carbocycles. The van der Waals surface area contributed by atoms with Gasteiger partial charge in [-0.15, -0.1) is 0 Å². The summed E-state index contributed by atoms with van der Waals surface area (Å²) in [5.41, 5.74) is 0.432. The summed E-state index contributed by atoms with van der Waals surface area (Å²) in [6.07, 6.45) is 1.61. The molecule has 82 valence electrons. The minimum Gasteiger partial charge on any atom is -0.494 e. The highest BCUT2D eigenvalue weighted by atomic mass is 16.5. The van der Waals surface area contributed by atoms with Crippen LogP contribution in [0.25, 0.3) is 0 Å². The summed E-state index contributed by atoms with van der Waals surface area (Å²) in [5, 5.41) is 0. The van der Waals surface area contributed by atoms with Gasteiger partial charge in [0.05, 0.1) is 7.11 Å². The zero-order chi connectivity index (χ0) is 11.4. The van der Waals surface area contributed by atoms with Crippen molar-refractivity contribution in [2.45, 2.75) is 20.8 Å². The van der Waals surface area contributed by atoms with E-state index in [0.717, 1.165) is 0 Å². The first-order valence-corrected chi connectivity index (χ1v) is 5.11.